The number of benzene rings is 2. The van der Waals surface area contributed by atoms with Crippen LogP contribution in [0.5, 0.6) is 5.75 Å². The number of nitrogens with zero attached hydrogens (tertiary/aromatic N) is 1. The smallest absolute Gasteiger partial charge is 0.422 e. The highest BCUT2D eigenvalue weighted by atomic mass is 35.5. The van der Waals surface area contributed by atoms with Gasteiger partial charge in [-0.3, -0.25) is 4.57 Å². The minimum atomic E-state index is -0.689. The molecule has 0 N–H and O–H groups in total. The summed E-state index contributed by atoms with van der Waals surface area (Å²) < 4.78 is 11.9. The quantitative estimate of drug-likeness (QED) is 0.628. The summed E-state index contributed by atoms with van der Waals surface area (Å²) in [6, 6.07) is 12.7. The number of aryl methyl sites for hydroxylation is 2. The Bertz CT molecular complexity index is 1010. The van der Waals surface area contributed by atoms with Crippen molar-refractivity contribution in [1.29, 1.82) is 0 Å². The normalized spacial score (nSPS) is 11.0. The van der Waals surface area contributed by atoms with Crippen LogP contribution in [0.1, 0.15) is 18.4 Å². The summed E-state index contributed by atoms with van der Waals surface area (Å²) in [5.74, 6) is 0.171. The first-order valence-corrected chi connectivity index (χ1v) is 8.46. The van der Waals surface area contributed by atoms with Crippen molar-refractivity contribution in [3.05, 3.63) is 74.0 Å². The van der Waals surface area contributed by atoms with E-state index in [9.17, 15) is 9.59 Å². The van der Waals surface area contributed by atoms with Crippen LogP contribution in [-0.2, 0) is 6.54 Å². The molecule has 0 saturated carbocycles. The summed E-state index contributed by atoms with van der Waals surface area (Å²) in [5.41, 5.74) is 0.841. The van der Waals surface area contributed by atoms with E-state index >= 15 is 0 Å². The molecule has 0 atom stereocenters. The maximum atomic E-state index is 12.0. The fraction of sp³-hybridized carbons (Fsp3) is 0.263. The molecule has 0 radical (unpaired) electrons. The Morgan fingerprint density at radius 3 is 2.68 bits per heavy atom. The molecule has 0 fully saturated rings. The number of unbranched alkanes of at least 4 members (excludes halogenated alkanes) is 1. The lowest BCUT2D eigenvalue weighted by atomic mass is 10.2. The van der Waals surface area contributed by atoms with Crippen molar-refractivity contribution in [3.63, 3.8) is 0 Å². The molecule has 6 heteroatoms. The maximum Gasteiger partial charge on any atom is 0.422 e. The SMILES string of the molecule is Cc1ccccc1OCCCCn1c(=O)oc(=O)c2cccc(Cl)c21. The van der Waals surface area contributed by atoms with Gasteiger partial charge in [0.25, 0.3) is 0 Å². The largest absolute Gasteiger partial charge is 0.493 e. The molecule has 0 aliphatic rings. The molecule has 2 aromatic carbocycles. The average Bonchev–Trinajstić information content (AvgIpc) is 2.59. The molecule has 0 amide bonds. The molecule has 0 aliphatic carbocycles. The van der Waals surface area contributed by atoms with Crippen molar-refractivity contribution in [3.8, 4) is 5.75 Å². The average molecular weight is 360 g/mol. The zero-order valence-corrected chi connectivity index (χ0v) is 14.6. The van der Waals surface area contributed by atoms with Gasteiger partial charge in [-0.05, 0) is 43.5 Å². The number of fused-ring (bicyclic) bond motifs is 1. The van der Waals surface area contributed by atoms with Crippen molar-refractivity contribution in [2.24, 2.45) is 0 Å². The van der Waals surface area contributed by atoms with E-state index in [0.717, 1.165) is 17.7 Å². The highest BCUT2D eigenvalue weighted by Gasteiger charge is 2.12. The van der Waals surface area contributed by atoms with Gasteiger partial charge in [-0.25, -0.2) is 9.59 Å². The van der Waals surface area contributed by atoms with Crippen LogP contribution >= 0.6 is 11.6 Å². The van der Waals surface area contributed by atoms with Crippen LogP contribution in [0, 0.1) is 6.92 Å². The standard InChI is InChI=1S/C19H18ClNO4/c1-13-7-2-3-10-16(13)24-12-5-4-11-21-17-14(8-6-9-15(17)20)18(22)25-19(21)23/h2-3,6-10H,4-5,11-12H2,1H3. The molecule has 0 aliphatic heterocycles. The second-order valence-corrected chi connectivity index (χ2v) is 6.17. The second-order valence-electron chi connectivity index (χ2n) is 5.76. The summed E-state index contributed by atoms with van der Waals surface area (Å²) in [4.78, 5) is 23.9. The Kier molecular flexibility index (Phi) is 5.24. The summed E-state index contributed by atoms with van der Waals surface area (Å²) >= 11 is 6.18. The lowest BCUT2D eigenvalue weighted by Gasteiger charge is -2.11. The molecule has 25 heavy (non-hydrogen) atoms. The fourth-order valence-corrected chi connectivity index (χ4v) is 2.99. The van der Waals surface area contributed by atoms with Gasteiger partial charge in [-0.15, -0.1) is 0 Å². The fourth-order valence-electron chi connectivity index (χ4n) is 2.71. The van der Waals surface area contributed by atoms with Crippen LogP contribution in [0.3, 0.4) is 0 Å². The van der Waals surface area contributed by atoms with Gasteiger partial charge in [0, 0.05) is 6.54 Å². The van der Waals surface area contributed by atoms with E-state index < -0.39 is 11.4 Å². The molecule has 0 spiro atoms. The maximum absolute atomic E-state index is 12.0. The molecule has 0 unspecified atom stereocenters. The number of hydrogen-bond donors (Lipinski definition) is 0. The van der Waals surface area contributed by atoms with Gasteiger partial charge in [0.1, 0.15) is 5.75 Å². The molecular formula is C19H18ClNO4. The Labute approximate surface area is 149 Å². The van der Waals surface area contributed by atoms with E-state index in [1.807, 2.05) is 31.2 Å². The van der Waals surface area contributed by atoms with Crippen LogP contribution in [-0.4, -0.2) is 11.2 Å². The molecule has 1 heterocycles. The summed E-state index contributed by atoms with van der Waals surface area (Å²) in [6.45, 7) is 2.94. The first-order chi connectivity index (χ1) is 12.1. The van der Waals surface area contributed by atoms with E-state index in [4.69, 9.17) is 20.8 Å². The third-order valence-electron chi connectivity index (χ3n) is 4.00. The van der Waals surface area contributed by atoms with Crippen LogP contribution in [0.4, 0.5) is 0 Å². The topological polar surface area (TPSA) is 61.4 Å². The van der Waals surface area contributed by atoms with Crippen LogP contribution in [0.25, 0.3) is 10.9 Å². The lowest BCUT2D eigenvalue weighted by Crippen LogP contribution is -2.25. The van der Waals surface area contributed by atoms with Crippen LogP contribution in [0.15, 0.2) is 56.5 Å². The van der Waals surface area contributed by atoms with Gasteiger partial charge in [-0.2, -0.15) is 0 Å². The summed E-state index contributed by atoms with van der Waals surface area (Å²) in [5, 5.41) is 0.668. The lowest BCUT2D eigenvalue weighted by molar-refractivity contribution is 0.299. The van der Waals surface area contributed by atoms with Gasteiger partial charge in [0.2, 0.25) is 0 Å². The van der Waals surface area contributed by atoms with Gasteiger partial charge in [0.15, 0.2) is 0 Å². The summed E-state index contributed by atoms with van der Waals surface area (Å²) in [7, 11) is 0. The van der Waals surface area contributed by atoms with Gasteiger partial charge in [-0.1, -0.05) is 35.9 Å². The van der Waals surface area contributed by atoms with E-state index in [2.05, 4.69) is 0 Å². The first-order valence-electron chi connectivity index (χ1n) is 8.08. The zero-order chi connectivity index (χ0) is 17.8. The van der Waals surface area contributed by atoms with Crippen molar-refractivity contribution in [2.75, 3.05) is 6.61 Å². The van der Waals surface area contributed by atoms with E-state index in [0.29, 0.717) is 35.5 Å². The van der Waals surface area contributed by atoms with Crippen molar-refractivity contribution < 1.29 is 9.15 Å². The van der Waals surface area contributed by atoms with E-state index in [1.165, 1.54) is 4.57 Å². The predicted molar refractivity (Wildman–Crippen MR) is 97.7 cm³/mol. The first kappa shape index (κ1) is 17.3. The molecule has 3 rings (SSSR count). The van der Waals surface area contributed by atoms with E-state index in [1.54, 1.807) is 18.2 Å². The predicted octanol–water partition coefficient (Wildman–Crippen LogP) is 3.78. The molecular weight excluding hydrogens is 342 g/mol. The highest BCUT2D eigenvalue weighted by molar-refractivity contribution is 6.35. The summed E-state index contributed by atoms with van der Waals surface area (Å²) in [6.07, 6.45) is 1.45. The Morgan fingerprint density at radius 2 is 1.88 bits per heavy atom. The molecule has 3 aromatic rings. The van der Waals surface area contributed by atoms with Gasteiger partial charge < -0.3 is 9.15 Å². The number of para-hydroxylation sites is 2. The van der Waals surface area contributed by atoms with Gasteiger partial charge >= 0.3 is 11.4 Å². The molecule has 130 valence electrons. The Morgan fingerprint density at radius 1 is 1.08 bits per heavy atom. The minimum Gasteiger partial charge on any atom is -0.493 e. The van der Waals surface area contributed by atoms with E-state index in [-0.39, 0.29) is 0 Å². The number of aromatic nitrogens is 1. The number of hydrogen-bond acceptors (Lipinski definition) is 4. The van der Waals surface area contributed by atoms with Crippen molar-refractivity contribution >= 4 is 22.5 Å². The third-order valence-corrected chi connectivity index (χ3v) is 4.31. The number of halogens is 1. The highest BCUT2D eigenvalue weighted by Crippen LogP contribution is 2.20. The Hall–Kier alpha value is -2.53. The van der Waals surface area contributed by atoms with Gasteiger partial charge in [0.05, 0.1) is 22.5 Å². The van der Waals surface area contributed by atoms with Crippen LogP contribution < -0.4 is 16.1 Å². The Balaban J connectivity index is 1.69. The molecule has 0 bridgehead atoms. The minimum absolute atomic E-state index is 0.309. The van der Waals surface area contributed by atoms with Crippen molar-refractivity contribution in [2.45, 2.75) is 26.3 Å². The number of rotatable bonds is 6. The molecule has 0 saturated heterocycles. The number of ether oxygens (including phenoxy) is 1. The monoisotopic (exact) mass is 359 g/mol. The zero-order valence-electron chi connectivity index (χ0n) is 13.8. The van der Waals surface area contributed by atoms with Crippen LogP contribution in [0.2, 0.25) is 5.02 Å². The molecule has 5 nitrogen and oxygen atoms in total. The second kappa shape index (κ2) is 7.57. The molecule has 1 aromatic heterocycles. The third kappa shape index (κ3) is 3.77. The van der Waals surface area contributed by atoms with Crippen molar-refractivity contribution in [1.82, 2.24) is 4.57 Å².